The van der Waals surface area contributed by atoms with E-state index >= 15 is 0 Å². The molecule has 3 N–H and O–H groups in total. The molecule has 5 heteroatoms. The highest BCUT2D eigenvalue weighted by atomic mass is 32.2. The fourth-order valence-corrected chi connectivity index (χ4v) is 3.14. The number of hydrogen-bond donors (Lipinski definition) is 2. The van der Waals surface area contributed by atoms with Crippen molar-refractivity contribution in [2.75, 3.05) is 25.2 Å². The van der Waals surface area contributed by atoms with Gasteiger partial charge in [-0.05, 0) is 36.3 Å². The minimum atomic E-state index is -0.381. The first-order valence-corrected chi connectivity index (χ1v) is 7.69. The molecule has 0 radical (unpaired) electrons. The van der Waals surface area contributed by atoms with Crippen LogP contribution >= 0.6 is 11.8 Å². The summed E-state index contributed by atoms with van der Waals surface area (Å²) in [4.78, 5) is 0. The SMILES string of the molecule is COc1ccc(C(N)CO)cc1OC1CCCSC1. The molecule has 1 aromatic rings. The lowest BCUT2D eigenvalue weighted by Crippen LogP contribution is -2.24. The van der Waals surface area contributed by atoms with Gasteiger partial charge in [0.05, 0.1) is 19.8 Å². The molecule has 1 heterocycles. The second kappa shape index (κ2) is 7.03. The molecule has 1 aromatic carbocycles. The van der Waals surface area contributed by atoms with Crippen LogP contribution in [0.3, 0.4) is 0 Å². The van der Waals surface area contributed by atoms with Crippen LogP contribution in [0, 0.1) is 0 Å². The van der Waals surface area contributed by atoms with Gasteiger partial charge in [0.25, 0.3) is 0 Å². The molecule has 2 atom stereocenters. The summed E-state index contributed by atoms with van der Waals surface area (Å²) in [6.45, 7) is -0.0783. The second-order valence-corrected chi connectivity index (χ2v) is 5.81. The molecule has 1 aliphatic rings. The Morgan fingerprint density at radius 3 is 2.95 bits per heavy atom. The van der Waals surface area contributed by atoms with Crippen molar-refractivity contribution in [2.24, 2.45) is 5.73 Å². The van der Waals surface area contributed by atoms with E-state index in [0.717, 1.165) is 23.5 Å². The third-order valence-corrected chi connectivity index (χ3v) is 4.41. The lowest BCUT2D eigenvalue weighted by molar-refractivity contribution is 0.201. The molecule has 19 heavy (non-hydrogen) atoms. The minimum Gasteiger partial charge on any atom is -0.493 e. The van der Waals surface area contributed by atoms with Gasteiger partial charge in [0, 0.05) is 5.75 Å². The van der Waals surface area contributed by atoms with Gasteiger partial charge in [0.15, 0.2) is 11.5 Å². The molecule has 1 saturated heterocycles. The van der Waals surface area contributed by atoms with Gasteiger partial charge < -0.3 is 20.3 Å². The molecule has 106 valence electrons. The Labute approximate surface area is 118 Å². The Kier molecular flexibility index (Phi) is 5.36. The Morgan fingerprint density at radius 2 is 2.32 bits per heavy atom. The van der Waals surface area contributed by atoms with Crippen LogP contribution in [-0.4, -0.2) is 36.4 Å². The average molecular weight is 283 g/mol. The van der Waals surface area contributed by atoms with E-state index in [2.05, 4.69) is 0 Å². The van der Waals surface area contributed by atoms with E-state index in [1.165, 1.54) is 12.2 Å². The van der Waals surface area contributed by atoms with Crippen molar-refractivity contribution in [2.45, 2.75) is 25.0 Å². The molecule has 0 aliphatic carbocycles. The minimum absolute atomic E-state index is 0.0783. The van der Waals surface area contributed by atoms with Crippen molar-refractivity contribution in [3.8, 4) is 11.5 Å². The van der Waals surface area contributed by atoms with Crippen molar-refractivity contribution < 1.29 is 14.6 Å². The zero-order chi connectivity index (χ0) is 13.7. The van der Waals surface area contributed by atoms with Crippen LogP contribution in [0.25, 0.3) is 0 Å². The largest absolute Gasteiger partial charge is 0.493 e. The molecule has 4 nitrogen and oxygen atoms in total. The van der Waals surface area contributed by atoms with E-state index in [1.54, 1.807) is 7.11 Å². The van der Waals surface area contributed by atoms with E-state index in [1.807, 2.05) is 30.0 Å². The molecule has 0 spiro atoms. The standard InChI is InChI=1S/C14H21NO3S/c1-17-13-5-4-10(12(15)8-16)7-14(13)18-11-3-2-6-19-9-11/h4-5,7,11-12,16H,2-3,6,8-9,15H2,1H3. The first-order chi connectivity index (χ1) is 9.24. The average Bonchev–Trinajstić information content (AvgIpc) is 2.47. The summed E-state index contributed by atoms with van der Waals surface area (Å²) < 4.78 is 11.3. The smallest absolute Gasteiger partial charge is 0.161 e. The Morgan fingerprint density at radius 1 is 1.47 bits per heavy atom. The number of thioether (sulfide) groups is 1. The fraction of sp³-hybridized carbons (Fsp3) is 0.571. The third-order valence-electron chi connectivity index (χ3n) is 3.22. The van der Waals surface area contributed by atoms with E-state index in [9.17, 15) is 0 Å². The van der Waals surface area contributed by atoms with Crippen molar-refractivity contribution in [3.05, 3.63) is 23.8 Å². The van der Waals surface area contributed by atoms with Gasteiger partial charge in [-0.15, -0.1) is 0 Å². The van der Waals surface area contributed by atoms with Crippen LogP contribution in [0.4, 0.5) is 0 Å². The maximum Gasteiger partial charge on any atom is 0.161 e. The van der Waals surface area contributed by atoms with Gasteiger partial charge in [-0.2, -0.15) is 11.8 Å². The summed E-state index contributed by atoms with van der Waals surface area (Å²) in [7, 11) is 1.63. The highest BCUT2D eigenvalue weighted by Gasteiger charge is 2.18. The van der Waals surface area contributed by atoms with Gasteiger partial charge >= 0.3 is 0 Å². The molecule has 1 aliphatic heterocycles. The summed E-state index contributed by atoms with van der Waals surface area (Å²) in [5.74, 6) is 3.66. The second-order valence-electron chi connectivity index (χ2n) is 4.66. The Hall–Kier alpha value is -0.910. The van der Waals surface area contributed by atoms with Gasteiger partial charge in [-0.1, -0.05) is 6.07 Å². The zero-order valence-corrected chi connectivity index (χ0v) is 12.0. The van der Waals surface area contributed by atoms with Crippen LogP contribution in [0.15, 0.2) is 18.2 Å². The maximum atomic E-state index is 9.13. The highest BCUT2D eigenvalue weighted by Crippen LogP contribution is 2.32. The van der Waals surface area contributed by atoms with Gasteiger partial charge in [0.2, 0.25) is 0 Å². The van der Waals surface area contributed by atoms with Crippen LogP contribution < -0.4 is 15.2 Å². The van der Waals surface area contributed by atoms with Crippen LogP contribution in [0.2, 0.25) is 0 Å². The molecule has 0 bridgehead atoms. The quantitative estimate of drug-likeness (QED) is 0.865. The number of methoxy groups -OCH3 is 1. The molecule has 0 saturated carbocycles. The molecule has 1 fully saturated rings. The number of aliphatic hydroxyl groups is 1. The highest BCUT2D eigenvalue weighted by molar-refractivity contribution is 7.99. The number of nitrogens with two attached hydrogens (primary N) is 1. The topological polar surface area (TPSA) is 64.7 Å². The monoisotopic (exact) mass is 283 g/mol. The molecular weight excluding hydrogens is 262 g/mol. The molecule has 2 rings (SSSR count). The lowest BCUT2D eigenvalue weighted by atomic mass is 10.1. The van der Waals surface area contributed by atoms with Gasteiger partial charge in [-0.3, -0.25) is 0 Å². The predicted molar refractivity (Wildman–Crippen MR) is 78.0 cm³/mol. The molecule has 2 unspecified atom stereocenters. The van der Waals surface area contributed by atoms with Crippen molar-refractivity contribution >= 4 is 11.8 Å². The van der Waals surface area contributed by atoms with E-state index in [0.29, 0.717) is 5.75 Å². The van der Waals surface area contributed by atoms with Crippen LogP contribution in [0.5, 0.6) is 11.5 Å². The summed E-state index contributed by atoms with van der Waals surface area (Å²) in [5, 5.41) is 9.13. The summed E-state index contributed by atoms with van der Waals surface area (Å²) in [6.07, 6.45) is 2.49. The number of rotatable bonds is 5. The Bertz CT molecular complexity index is 408. The van der Waals surface area contributed by atoms with E-state index in [-0.39, 0.29) is 18.8 Å². The number of ether oxygens (including phenoxy) is 2. The van der Waals surface area contributed by atoms with Gasteiger partial charge in [-0.25, -0.2) is 0 Å². The Balaban J connectivity index is 2.15. The van der Waals surface area contributed by atoms with Crippen LogP contribution in [-0.2, 0) is 0 Å². The summed E-state index contributed by atoms with van der Waals surface area (Å²) >= 11 is 1.92. The first-order valence-electron chi connectivity index (χ1n) is 6.53. The van der Waals surface area contributed by atoms with Gasteiger partial charge in [0.1, 0.15) is 6.10 Å². The summed E-state index contributed by atoms with van der Waals surface area (Å²) in [5.41, 5.74) is 6.70. The lowest BCUT2D eigenvalue weighted by Gasteiger charge is -2.24. The normalized spacial score (nSPS) is 20.9. The maximum absolute atomic E-state index is 9.13. The molecule has 0 aromatic heterocycles. The van der Waals surface area contributed by atoms with Crippen LogP contribution in [0.1, 0.15) is 24.4 Å². The predicted octanol–water partition coefficient (Wildman–Crippen LogP) is 1.96. The number of benzene rings is 1. The van der Waals surface area contributed by atoms with Crippen molar-refractivity contribution in [1.29, 1.82) is 0 Å². The molecular formula is C14H21NO3S. The molecule has 0 amide bonds. The van der Waals surface area contributed by atoms with Crippen molar-refractivity contribution in [1.82, 2.24) is 0 Å². The zero-order valence-electron chi connectivity index (χ0n) is 11.2. The third kappa shape index (κ3) is 3.78. The van der Waals surface area contributed by atoms with E-state index in [4.69, 9.17) is 20.3 Å². The summed E-state index contributed by atoms with van der Waals surface area (Å²) in [6, 6.07) is 5.20. The number of aliphatic hydroxyl groups excluding tert-OH is 1. The van der Waals surface area contributed by atoms with E-state index < -0.39 is 0 Å². The number of hydrogen-bond acceptors (Lipinski definition) is 5. The first kappa shape index (κ1) is 14.5. The van der Waals surface area contributed by atoms with Crippen molar-refractivity contribution in [3.63, 3.8) is 0 Å². The fourth-order valence-electron chi connectivity index (χ4n) is 2.11.